The first-order chi connectivity index (χ1) is 4.21. The number of thioether (sulfide) groups is 1. The summed E-state index contributed by atoms with van der Waals surface area (Å²) in [6.45, 7) is 8.65. The largest absolute Gasteiger partial charge is 0.156 e. The topological polar surface area (TPSA) is 0 Å². The van der Waals surface area contributed by atoms with Gasteiger partial charge in [0.15, 0.2) is 0 Å². The van der Waals surface area contributed by atoms with E-state index < -0.39 is 0 Å². The molecule has 0 N–H and O–H groups in total. The van der Waals surface area contributed by atoms with E-state index in [2.05, 4.69) is 25.6 Å². The number of hydrogen-bond acceptors (Lipinski definition) is 1. The molecule has 1 aliphatic rings. The lowest BCUT2D eigenvalue weighted by Gasteiger charge is -2.13. The van der Waals surface area contributed by atoms with Crippen LogP contribution in [0.1, 0.15) is 40.5 Å². The Bertz CT molecular complexity index is 59.0. The summed E-state index contributed by atoms with van der Waals surface area (Å²) in [5, 5.41) is 0. The molecule has 0 atom stereocenters. The first kappa shape index (κ1) is 9.35. The van der Waals surface area contributed by atoms with Crippen molar-refractivity contribution in [3.05, 3.63) is 0 Å². The SMILES string of the molecule is CC.CC1(C)CCCS1. The third-order valence-electron chi connectivity index (χ3n) is 1.42. The number of hydrogen-bond donors (Lipinski definition) is 0. The molecule has 1 rings (SSSR count). The highest BCUT2D eigenvalue weighted by molar-refractivity contribution is 8.00. The fraction of sp³-hybridized carbons (Fsp3) is 1.00. The Hall–Kier alpha value is 0.350. The Morgan fingerprint density at radius 1 is 1.22 bits per heavy atom. The normalized spacial score (nSPS) is 22.7. The van der Waals surface area contributed by atoms with Gasteiger partial charge < -0.3 is 0 Å². The van der Waals surface area contributed by atoms with E-state index >= 15 is 0 Å². The summed E-state index contributed by atoms with van der Waals surface area (Å²) in [6.07, 6.45) is 2.84. The maximum Gasteiger partial charge on any atom is 0.0104 e. The number of rotatable bonds is 0. The van der Waals surface area contributed by atoms with Gasteiger partial charge in [0.1, 0.15) is 0 Å². The Balaban J connectivity index is 0.000000291. The zero-order valence-corrected chi connectivity index (χ0v) is 7.85. The lowest BCUT2D eigenvalue weighted by atomic mass is 10.1. The summed E-state index contributed by atoms with van der Waals surface area (Å²) in [7, 11) is 0. The van der Waals surface area contributed by atoms with Crippen LogP contribution in [0.4, 0.5) is 0 Å². The molecule has 0 nitrogen and oxygen atoms in total. The third kappa shape index (κ3) is 3.85. The summed E-state index contributed by atoms with van der Waals surface area (Å²) in [6, 6.07) is 0. The molecular weight excluding hydrogens is 128 g/mol. The Morgan fingerprint density at radius 3 is 1.89 bits per heavy atom. The van der Waals surface area contributed by atoms with E-state index in [1.165, 1.54) is 18.6 Å². The lowest BCUT2D eigenvalue weighted by molar-refractivity contribution is 0.665. The van der Waals surface area contributed by atoms with Crippen molar-refractivity contribution in [2.24, 2.45) is 0 Å². The maximum absolute atomic E-state index is 2.32. The van der Waals surface area contributed by atoms with Crippen LogP contribution in [0.15, 0.2) is 0 Å². The molecule has 0 aromatic heterocycles. The molecule has 1 aliphatic heterocycles. The minimum atomic E-state index is 0.611. The molecule has 0 saturated carbocycles. The highest BCUT2D eigenvalue weighted by Crippen LogP contribution is 2.36. The first-order valence-corrected chi connectivity index (χ1v) is 4.83. The fourth-order valence-corrected chi connectivity index (χ4v) is 2.05. The van der Waals surface area contributed by atoms with Crippen molar-refractivity contribution in [2.75, 3.05) is 5.75 Å². The van der Waals surface area contributed by atoms with Crippen LogP contribution in [-0.2, 0) is 0 Å². The predicted octanol–water partition coefficient (Wildman–Crippen LogP) is 3.32. The average molecular weight is 146 g/mol. The van der Waals surface area contributed by atoms with Gasteiger partial charge in [-0.25, -0.2) is 0 Å². The Morgan fingerprint density at radius 2 is 1.78 bits per heavy atom. The van der Waals surface area contributed by atoms with E-state index in [0.29, 0.717) is 4.75 Å². The summed E-state index contributed by atoms with van der Waals surface area (Å²) < 4.78 is 0.611. The maximum atomic E-state index is 2.32. The van der Waals surface area contributed by atoms with Crippen LogP contribution in [0.2, 0.25) is 0 Å². The quantitative estimate of drug-likeness (QED) is 0.505. The van der Waals surface area contributed by atoms with Crippen molar-refractivity contribution in [1.29, 1.82) is 0 Å². The second kappa shape index (κ2) is 4.21. The molecule has 1 heteroatoms. The second-order valence-corrected chi connectivity index (χ2v) is 4.51. The second-order valence-electron chi connectivity index (χ2n) is 2.71. The van der Waals surface area contributed by atoms with Gasteiger partial charge >= 0.3 is 0 Å². The molecule has 1 heterocycles. The van der Waals surface area contributed by atoms with Crippen molar-refractivity contribution in [1.82, 2.24) is 0 Å². The summed E-state index contributed by atoms with van der Waals surface area (Å²) in [4.78, 5) is 0. The van der Waals surface area contributed by atoms with Crippen molar-refractivity contribution < 1.29 is 0 Å². The lowest BCUT2D eigenvalue weighted by Crippen LogP contribution is -2.06. The molecule has 0 aromatic rings. The Kier molecular flexibility index (Phi) is 4.37. The van der Waals surface area contributed by atoms with Gasteiger partial charge in [0.2, 0.25) is 0 Å². The van der Waals surface area contributed by atoms with Gasteiger partial charge in [0, 0.05) is 4.75 Å². The van der Waals surface area contributed by atoms with E-state index in [0.717, 1.165) is 0 Å². The molecule has 0 bridgehead atoms. The van der Waals surface area contributed by atoms with Gasteiger partial charge in [0.25, 0.3) is 0 Å². The van der Waals surface area contributed by atoms with Crippen LogP contribution in [0.5, 0.6) is 0 Å². The van der Waals surface area contributed by atoms with Gasteiger partial charge in [-0.15, -0.1) is 0 Å². The van der Waals surface area contributed by atoms with Crippen LogP contribution >= 0.6 is 11.8 Å². The molecule has 0 aliphatic carbocycles. The van der Waals surface area contributed by atoms with Gasteiger partial charge in [-0.2, -0.15) is 11.8 Å². The predicted molar refractivity (Wildman–Crippen MR) is 47.1 cm³/mol. The first-order valence-electron chi connectivity index (χ1n) is 3.85. The summed E-state index contributed by atoms with van der Waals surface area (Å²) in [5.41, 5.74) is 0. The standard InChI is InChI=1S/C6H12S.C2H6/c1-6(2)4-3-5-7-6;1-2/h3-5H2,1-2H3;1-2H3. The molecule has 0 aromatic carbocycles. The minimum absolute atomic E-state index is 0.611. The van der Waals surface area contributed by atoms with E-state index in [1.54, 1.807) is 0 Å². The van der Waals surface area contributed by atoms with Crippen LogP contribution in [0.3, 0.4) is 0 Å². The monoisotopic (exact) mass is 146 g/mol. The smallest absolute Gasteiger partial charge is 0.0104 e. The summed E-state index contributed by atoms with van der Waals surface area (Å²) in [5.74, 6) is 1.38. The van der Waals surface area contributed by atoms with Crippen LogP contribution < -0.4 is 0 Å². The van der Waals surface area contributed by atoms with Crippen molar-refractivity contribution in [3.63, 3.8) is 0 Å². The van der Waals surface area contributed by atoms with Gasteiger partial charge in [-0.1, -0.05) is 27.7 Å². The van der Waals surface area contributed by atoms with Crippen molar-refractivity contribution >= 4 is 11.8 Å². The molecule has 9 heavy (non-hydrogen) atoms. The average Bonchev–Trinajstić information content (AvgIpc) is 2.19. The molecule has 1 fully saturated rings. The van der Waals surface area contributed by atoms with E-state index in [-0.39, 0.29) is 0 Å². The third-order valence-corrected chi connectivity index (χ3v) is 2.89. The Labute approximate surface area is 63.4 Å². The van der Waals surface area contributed by atoms with E-state index in [4.69, 9.17) is 0 Å². The van der Waals surface area contributed by atoms with E-state index in [1.807, 2.05) is 13.8 Å². The van der Waals surface area contributed by atoms with Crippen molar-refractivity contribution in [3.8, 4) is 0 Å². The van der Waals surface area contributed by atoms with Gasteiger partial charge in [0.05, 0.1) is 0 Å². The highest BCUT2D eigenvalue weighted by Gasteiger charge is 2.22. The van der Waals surface area contributed by atoms with Crippen LogP contribution in [-0.4, -0.2) is 10.5 Å². The minimum Gasteiger partial charge on any atom is -0.156 e. The van der Waals surface area contributed by atoms with Gasteiger partial charge in [-0.05, 0) is 18.6 Å². The molecule has 56 valence electrons. The highest BCUT2D eigenvalue weighted by atomic mass is 32.2. The molecular formula is C8H18S. The molecule has 0 amide bonds. The molecule has 0 spiro atoms. The fourth-order valence-electron chi connectivity index (χ4n) is 0.919. The molecule has 0 radical (unpaired) electrons. The van der Waals surface area contributed by atoms with Gasteiger partial charge in [-0.3, -0.25) is 0 Å². The van der Waals surface area contributed by atoms with Crippen molar-refractivity contribution in [2.45, 2.75) is 45.3 Å². The van der Waals surface area contributed by atoms with Crippen LogP contribution in [0.25, 0.3) is 0 Å². The summed E-state index contributed by atoms with van der Waals surface area (Å²) >= 11 is 2.10. The van der Waals surface area contributed by atoms with E-state index in [9.17, 15) is 0 Å². The zero-order valence-electron chi connectivity index (χ0n) is 7.03. The van der Waals surface area contributed by atoms with Crippen LogP contribution in [0, 0.1) is 0 Å². The molecule has 1 saturated heterocycles. The molecule has 0 unspecified atom stereocenters. The zero-order chi connectivity index (χ0) is 7.33.